The van der Waals surface area contributed by atoms with Crippen molar-refractivity contribution in [1.29, 1.82) is 0 Å². The quantitative estimate of drug-likeness (QED) is 0.301. The van der Waals surface area contributed by atoms with Crippen LogP contribution < -0.4 is 0 Å². The average molecular weight is 395 g/mol. The number of halogens is 2. The summed E-state index contributed by atoms with van der Waals surface area (Å²) in [6, 6.07) is 15.8. The molecule has 0 saturated carbocycles. The first-order valence-corrected chi connectivity index (χ1v) is 9.54. The number of methoxy groups -OCH3 is 1. The molecule has 0 aliphatic rings. The highest BCUT2D eigenvalue weighted by Gasteiger charge is 2.20. The Bertz CT molecular complexity index is 711. The van der Waals surface area contributed by atoms with Gasteiger partial charge in [-0.25, -0.2) is 0 Å². The summed E-state index contributed by atoms with van der Waals surface area (Å²) in [5, 5.41) is 1.35. The van der Waals surface area contributed by atoms with Crippen molar-refractivity contribution >= 4 is 40.9 Å². The van der Waals surface area contributed by atoms with Gasteiger partial charge in [0.15, 0.2) is 0 Å². The molecule has 25 heavy (non-hydrogen) atoms. The van der Waals surface area contributed by atoms with Crippen LogP contribution in [-0.4, -0.2) is 13.1 Å². The second kappa shape index (κ2) is 9.91. The largest absolute Gasteiger partial charge is 0.469 e. The minimum absolute atomic E-state index is 0.118. The number of allylic oxidation sites excluding steroid dienone is 1. The number of carbonyl (C=O) groups is 1. The predicted molar refractivity (Wildman–Crippen MR) is 106 cm³/mol. The lowest BCUT2D eigenvalue weighted by Gasteiger charge is -2.22. The van der Waals surface area contributed by atoms with E-state index in [-0.39, 0.29) is 23.6 Å². The predicted octanol–water partition coefficient (Wildman–Crippen LogP) is 6.58. The molecular formula is C20H20Cl2O2S. The van der Waals surface area contributed by atoms with Crippen molar-refractivity contribution in [2.75, 3.05) is 7.11 Å². The first-order chi connectivity index (χ1) is 12.0. The lowest BCUT2D eigenvalue weighted by atomic mass is 9.99. The zero-order chi connectivity index (χ0) is 18.2. The van der Waals surface area contributed by atoms with Gasteiger partial charge >= 0.3 is 5.97 Å². The van der Waals surface area contributed by atoms with Crippen molar-refractivity contribution in [2.24, 2.45) is 5.92 Å². The van der Waals surface area contributed by atoms with Crippen LogP contribution in [0.3, 0.4) is 0 Å². The summed E-state index contributed by atoms with van der Waals surface area (Å²) in [5.41, 5.74) is 1.06. The topological polar surface area (TPSA) is 26.3 Å². The zero-order valence-corrected chi connectivity index (χ0v) is 16.4. The molecule has 0 aromatic heterocycles. The van der Waals surface area contributed by atoms with Crippen molar-refractivity contribution in [3.63, 3.8) is 0 Å². The van der Waals surface area contributed by atoms with E-state index in [9.17, 15) is 4.79 Å². The summed E-state index contributed by atoms with van der Waals surface area (Å²) < 4.78 is 4.67. The third-order valence-corrected chi connectivity index (χ3v) is 5.59. The van der Waals surface area contributed by atoms with Crippen LogP contribution in [0, 0.1) is 5.92 Å². The Balaban J connectivity index is 2.26. The first-order valence-electron chi connectivity index (χ1n) is 7.90. The van der Waals surface area contributed by atoms with Crippen LogP contribution in [-0.2, 0) is 9.53 Å². The molecular weight excluding hydrogens is 375 g/mol. The molecule has 5 heteroatoms. The monoisotopic (exact) mass is 394 g/mol. The molecule has 0 fully saturated rings. The van der Waals surface area contributed by atoms with Crippen LogP contribution >= 0.6 is 35.0 Å². The average Bonchev–Trinajstić information content (AvgIpc) is 2.59. The zero-order valence-electron chi connectivity index (χ0n) is 14.1. The summed E-state index contributed by atoms with van der Waals surface area (Å²) >= 11 is 14.1. The fourth-order valence-corrected chi connectivity index (χ4v) is 4.16. The van der Waals surface area contributed by atoms with Gasteiger partial charge in [0.05, 0.1) is 13.5 Å². The molecule has 2 nitrogen and oxygen atoms in total. The Morgan fingerprint density at radius 3 is 2.40 bits per heavy atom. The Morgan fingerprint density at radius 2 is 1.80 bits per heavy atom. The lowest BCUT2D eigenvalue weighted by molar-refractivity contribution is -0.139. The molecule has 132 valence electrons. The van der Waals surface area contributed by atoms with Crippen molar-refractivity contribution in [3.8, 4) is 0 Å². The van der Waals surface area contributed by atoms with Crippen LogP contribution in [0.25, 0.3) is 0 Å². The molecule has 0 N–H and O–H groups in total. The van der Waals surface area contributed by atoms with Crippen LogP contribution in [0.2, 0.25) is 10.0 Å². The lowest BCUT2D eigenvalue weighted by Crippen LogP contribution is -2.05. The van der Waals surface area contributed by atoms with E-state index in [4.69, 9.17) is 23.2 Å². The third-order valence-electron chi connectivity index (χ3n) is 3.65. The molecule has 0 heterocycles. The van der Waals surface area contributed by atoms with Crippen LogP contribution in [0.15, 0.2) is 65.6 Å². The third kappa shape index (κ3) is 6.43. The molecule has 2 aromatic rings. The number of carbonyl (C=O) groups excluding carboxylic acids is 1. The Morgan fingerprint density at radius 1 is 1.16 bits per heavy atom. The number of rotatable bonds is 7. The van der Waals surface area contributed by atoms with Gasteiger partial charge in [-0.1, -0.05) is 60.5 Å². The maximum Gasteiger partial charge on any atom is 0.309 e. The summed E-state index contributed by atoms with van der Waals surface area (Å²) in [4.78, 5) is 12.5. The van der Waals surface area contributed by atoms with Crippen LogP contribution in [0.1, 0.15) is 24.2 Å². The van der Waals surface area contributed by atoms with Gasteiger partial charge in [-0.2, -0.15) is 0 Å². The number of ether oxygens (including phenoxy) is 1. The van der Waals surface area contributed by atoms with E-state index in [1.165, 1.54) is 7.11 Å². The SMILES string of the molecule is COC(=O)C/C=C/[C@H](C)[C@@H](Sc1ccccc1)c1cc(Cl)cc(Cl)c1. The molecule has 0 spiro atoms. The van der Waals surface area contributed by atoms with Gasteiger partial charge < -0.3 is 4.74 Å². The van der Waals surface area contributed by atoms with Crippen molar-refractivity contribution < 1.29 is 9.53 Å². The standard InChI is InChI=1S/C20H20Cl2O2S/c1-14(7-6-10-19(23)24-2)20(25-18-8-4-3-5-9-18)15-11-16(21)13-17(22)12-15/h3-9,11-14,20H,10H2,1-2H3/b7-6+/t14-,20+/m0/s1. The smallest absolute Gasteiger partial charge is 0.309 e. The summed E-state index contributed by atoms with van der Waals surface area (Å²) in [5.74, 6) is -0.0779. The Labute approximate surface area is 163 Å². The second-order valence-corrected chi connectivity index (χ2v) is 7.71. The molecule has 0 amide bonds. The highest BCUT2D eigenvalue weighted by atomic mass is 35.5. The van der Waals surface area contributed by atoms with E-state index >= 15 is 0 Å². The molecule has 2 rings (SSSR count). The minimum atomic E-state index is -0.249. The van der Waals surface area contributed by atoms with Gasteiger partial charge in [0.2, 0.25) is 0 Å². The molecule has 0 aliphatic heterocycles. The summed E-state index contributed by atoms with van der Waals surface area (Å²) in [6.45, 7) is 2.11. The van der Waals surface area contributed by atoms with Crippen LogP contribution in [0.5, 0.6) is 0 Å². The van der Waals surface area contributed by atoms with Gasteiger partial charge in [0.1, 0.15) is 0 Å². The molecule has 0 aliphatic carbocycles. The van der Waals surface area contributed by atoms with E-state index in [0.717, 1.165) is 10.5 Å². The number of hydrogen-bond donors (Lipinski definition) is 0. The van der Waals surface area contributed by atoms with E-state index in [2.05, 4.69) is 23.8 Å². The number of thioether (sulfide) groups is 1. The maximum atomic E-state index is 11.3. The van der Waals surface area contributed by atoms with E-state index in [0.29, 0.717) is 10.0 Å². The highest BCUT2D eigenvalue weighted by Crippen LogP contribution is 2.42. The number of esters is 1. The molecule has 0 unspecified atom stereocenters. The van der Waals surface area contributed by atoms with Gasteiger partial charge in [-0.15, -0.1) is 11.8 Å². The van der Waals surface area contributed by atoms with Crippen molar-refractivity contribution in [3.05, 3.63) is 76.3 Å². The number of hydrogen-bond acceptors (Lipinski definition) is 3. The Hall–Kier alpha value is -1.42. The van der Waals surface area contributed by atoms with Gasteiger partial charge in [0.25, 0.3) is 0 Å². The Kier molecular flexibility index (Phi) is 7.89. The normalized spacial score (nSPS) is 13.6. The molecule has 2 aromatic carbocycles. The van der Waals surface area contributed by atoms with E-state index < -0.39 is 0 Å². The van der Waals surface area contributed by atoms with E-state index in [1.807, 2.05) is 42.5 Å². The van der Waals surface area contributed by atoms with Crippen molar-refractivity contribution in [1.82, 2.24) is 0 Å². The molecule has 0 saturated heterocycles. The van der Waals surface area contributed by atoms with Gasteiger partial charge in [0, 0.05) is 20.2 Å². The minimum Gasteiger partial charge on any atom is -0.469 e. The first kappa shape index (κ1) is 19.9. The maximum absolute atomic E-state index is 11.3. The van der Waals surface area contributed by atoms with Crippen molar-refractivity contribution in [2.45, 2.75) is 23.5 Å². The number of benzene rings is 2. The fourth-order valence-electron chi connectivity index (χ4n) is 2.43. The highest BCUT2D eigenvalue weighted by molar-refractivity contribution is 7.99. The van der Waals surface area contributed by atoms with Gasteiger partial charge in [-0.05, 0) is 41.8 Å². The van der Waals surface area contributed by atoms with Gasteiger partial charge in [-0.3, -0.25) is 4.79 Å². The fraction of sp³-hybridized carbons (Fsp3) is 0.250. The molecule has 2 atom stereocenters. The van der Waals surface area contributed by atoms with Crippen LogP contribution in [0.4, 0.5) is 0 Å². The molecule has 0 radical (unpaired) electrons. The second-order valence-electron chi connectivity index (χ2n) is 5.62. The molecule has 0 bridgehead atoms. The van der Waals surface area contributed by atoms with E-state index in [1.54, 1.807) is 17.8 Å². The summed E-state index contributed by atoms with van der Waals surface area (Å²) in [7, 11) is 1.39. The summed E-state index contributed by atoms with van der Waals surface area (Å²) in [6.07, 6.45) is 4.15.